The molecule has 0 aliphatic carbocycles. The summed E-state index contributed by atoms with van der Waals surface area (Å²) in [6.45, 7) is 7.00. The molecule has 1 N–H and O–H groups in total. The van der Waals surface area contributed by atoms with Crippen molar-refractivity contribution in [1.82, 2.24) is 10.3 Å². The van der Waals surface area contributed by atoms with Gasteiger partial charge in [-0.3, -0.25) is 4.98 Å². The minimum atomic E-state index is -0.253. The predicted molar refractivity (Wildman–Crippen MR) is 81.7 cm³/mol. The number of aryl methyl sites for hydroxylation is 1. The van der Waals surface area contributed by atoms with E-state index in [1.54, 1.807) is 6.07 Å². The Labute approximate surface area is 125 Å². The van der Waals surface area contributed by atoms with Gasteiger partial charge in [-0.25, -0.2) is 4.39 Å². The van der Waals surface area contributed by atoms with Gasteiger partial charge in [0.1, 0.15) is 18.2 Å². The van der Waals surface area contributed by atoms with Gasteiger partial charge in [0, 0.05) is 23.8 Å². The van der Waals surface area contributed by atoms with Crippen LogP contribution in [0.5, 0.6) is 5.75 Å². The van der Waals surface area contributed by atoms with Gasteiger partial charge in [-0.05, 0) is 37.3 Å². The molecule has 2 aromatic rings. The van der Waals surface area contributed by atoms with Crippen LogP contribution in [0.25, 0.3) is 0 Å². The molecule has 0 saturated carbocycles. The van der Waals surface area contributed by atoms with Crippen LogP contribution in [0, 0.1) is 12.7 Å². The van der Waals surface area contributed by atoms with E-state index in [-0.39, 0.29) is 5.82 Å². The predicted octanol–water partition coefficient (Wildman–Crippen LogP) is 3.61. The number of pyridine rings is 1. The number of hydrogen-bond acceptors (Lipinski definition) is 3. The smallest absolute Gasteiger partial charge is 0.130 e. The Balaban J connectivity index is 2.08. The lowest BCUT2D eigenvalue weighted by Gasteiger charge is -2.14. The molecule has 4 heteroatoms. The summed E-state index contributed by atoms with van der Waals surface area (Å²) in [5, 5.41) is 3.27. The molecular weight excluding hydrogens is 267 g/mol. The molecule has 2 rings (SSSR count). The molecule has 112 valence electrons. The van der Waals surface area contributed by atoms with Crippen LogP contribution in [0.2, 0.25) is 0 Å². The largest absolute Gasteiger partial charge is 0.487 e. The van der Waals surface area contributed by atoms with E-state index in [4.69, 9.17) is 4.74 Å². The van der Waals surface area contributed by atoms with Crippen LogP contribution in [-0.4, -0.2) is 11.0 Å². The first-order chi connectivity index (χ1) is 10.0. The lowest BCUT2D eigenvalue weighted by atomic mass is 10.2. The van der Waals surface area contributed by atoms with Crippen LogP contribution in [0.1, 0.15) is 30.8 Å². The summed E-state index contributed by atoms with van der Waals surface area (Å²) in [4.78, 5) is 4.39. The van der Waals surface area contributed by atoms with Crippen LogP contribution in [0.3, 0.4) is 0 Å². The molecule has 0 saturated heterocycles. The third-order valence-electron chi connectivity index (χ3n) is 3.04. The van der Waals surface area contributed by atoms with Crippen molar-refractivity contribution in [2.45, 2.75) is 40.0 Å². The molecule has 21 heavy (non-hydrogen) atoms. The van der Waals surface area contributed by atoms with E-state index in [0.717, 1.165) is 17.0 Å². The van der Waals surface area contributed by atoms with E-state index < -0.39 is 0 Å². The van der Waals surface area contributed by atoms with Crippen molar-refractivity contribution in [2.24, 2.45) is 0 Å². The molecule has 1 aromatic carbocycles. The SMILES string of the molecule is Cc1cccc(COc2ccc(F)cc2CNC(C)C)n1. The fraction of sp³-hybridized carbons (Fsp3) is 0.353. The minimum Gasteiger partial charge on any atom is -0.487 e. The van der Waals surface area contributed by atoms with E-state index in [9.17, 15) is 4.39 Å². The summed E-state index contributed by atoms with van der Waals surface area (Å²) in [6.07, 6.45) is 0. The summed E-state index contributed by atoms with van der Waals surface area (Å²) in [5.74, 6) is 0.435. The summed E-state index contributed by atoms with van der Waals surface area (Å²) in [6, 6.07) is 10.7. The molecular formula is C17H21FN2O. The average molecular weight is 288 g/mol. The highest BCUT2D eigenvalue weighted by Gasteiger charge is 2.07. The highest BCUT2D eigenvalue weighted by Crippen LogP contribution is 2.21. The lowest BCUT2D eigenvalue weighted by Crippen LogP contribution is -2.22. The van der Waals surface area contributed by atoms with Crippen molar-refractivity contribution in [3.05, 3.63) is 59.2 Å². The average Bonchev–Trinajstić information content (AvgIpc) is 2.44. The summed E-state index contributed by atoms with van der Waals surface area (Å²) in [7, 11) is 0. The van der Waals surface area contributed by atoms with Crippen molar-refractivity contribution >= 4 is 0 Å². The normalized spacial score (nSPS) is 10.9. The Kier molecular flexibility index (Phi) is 5.28. The fourth-order valence-electron chi connectivity index (χ4n) is 1.97. The number of nitrogens with zero attached hydrogens (tertiary/aromatic N) is 1. The second-order valence-electron chi connectivity index (χ2n) is 5.35. The molecule has 1 aromatic heterocycles. The zero-order chi connectivity index (χ0) is 15.2. The maximum atomic E-state index is 13.4. The molecule has 0 bridgehead atoms. The highest BCUT2D eigenvalue weighted by molar-refractivity contribution is 5.34. The number of halogens is 1. The highest BCUT2D eigenvalue weighted by atomic mass is 19.1. The second-order valence-corrected chi connectivity index (χ2v) is 5.35. The molecule has 0 aliphatic rings. The van der Waals surface area contributed by atoms with E-state index >= 15 is 0 Å². The Morgan fingerprint density at radius 1 is 1.24 bits per heavy atom. The number of hydrogen-bond donors (Lipinski definition) is 1. The quantitative estimate of drug-likeness (QED) is 0.881. The van der Waals surface area contributed by atoms with Gasteiger partial charge in [0.05, 0.1) is 5.69 Å². The van der Waals surface area contributed by atoms with Gasteiger partial charge in [-0.15, -0.1) is 0 Å². The van der Waals surface area contributed by atoms with Gasteiger partial charge in [0.25, 0.3) is 0 Å². The van der Waals surface area contributed by atoms with Gasteiger partial charge in [0.2, 0.25) is 0 Å². The fourth-order valence-corrected chi connectivity index (χ4v) is 1.97. The molecule has 0 spiro atoms. The van der Waals surface area contributed by atoms with E-state index in [0.29, 0.717) is 24.9 Å². The maximum absolute atomic E-state index is 13.4. The van der Waals surface area contributed by atoms with Crippen molar-refractivity contribution in [3.8, 4) is 5.75 Å². The van der Waals surface area contributed by atoms with Crippen LogP contribution < -0.4 is 10.1 Å². The standard InChI is InChI=1S/C17H21FN2O/c1-12(2)19-10-14-9-15(18)7-8-17(14)21-11-16-6-4-5-13(3)20-16/h4-9,12,19H,10-11H2,1-3H3. The third-order valence-corrected chi connectivity index (χ3v) is 3.04. The van der Waals surface area contributed by atoms with E-state index in [2.05, 4.69) is 24.1 Å². The maximum Gasteiger partial charge on any atom is 0.130 e. The molecule has 0 atom stereocenters. The zero-order valence-corrected chi connectivity index (χ0v) is 12.7. The number of aromatic nitrogens is 1. The van der Waals surface area contributed by atoms with Gasteiger partial charge < -0.3 is 10.1 Å². The summed E-state index contributed by atoms with van der Waals surface area (Å²) < 4.78 is 19.2. The molecule has 0 unspecified atom stereocenters. The van der Waals surface area contributed by atoms with Gasteiger partial charge in [-0.1, -0.05) is 19.9 Å². The molecule has 0 fully saturated rings. The van der Waals surface area contributed by atoms with Crippen LogP contribution in [0.15, 0.2) is 36.4 Å². The third kappa shape index (κ3) is 4.83. The number of benzene rings is 1. The first-order valence-electron chi connectivity index (χ1n) is 7.12. The Bertz CT molecular complexity index is 599. The Morgan fingerprint density at radius 3 is 2.76 bits per heavy atom. The number of nitrogens with one attached hydrogen (secondary N) is 1. The molecule has 1 heterocycles. The van der Waals surface area contributed by atoms with E-state index in [1.807, 2.05) is 25.1 Å². The number of ether oxygens (including phenoxy) is 1. The molecule has 0 radical (unpaired) electrons. The first-order valence-corrected chi connectivity index (χ1v) is 7.12. The van der Waals surface area contributed by atoms with Gasteiger partial charge in [-0.2, -0.15) is 0 Å². The van der Waals surface area contributed by atoms with E-state index in [1.165, 1.54) is 12.1 Å². The van der Waals surface area contributed by atoms with Crippen molar-refractivity contribution in [2.75, 3.05) is 0 Å². The van der Waals surface area contributed by atoms with Crippen molar-refractivity contribution in [3.63, 3.8) is 0 Å². The Morgan fingerprint density at radius 2 is 2.05 bits per heavy atom. The topological polar surface area (TPSA) is 34.1 Å². The van der Waals surface area contributed by atoms with Crippen molar-refractivity contribution in [1.29, 1.82) is 0 Å². The van der Waals surface area contributed by atoms with Gasteiger partial charge >= 0.3 is 0 Å². The van der Waals surface area contributed by atoms with Crippen LogP contribution >= 0.6 is 0 Å². The zero-order valence-electron chi connectivity index (χ0n) is 12.7. The summed E-state index contributed by atoms with van der Waals surface area (Å²) in [5.41, 5.74) is 2.63. The molecule has 3 nitrogen and oxygen atoms in total. The molecule has 0 aliphatic heterocycles. The monoisotopic (exact) mass is 288 g/mol. The second kappa shape index (κ2) is 7.18. The lowest BCUT2D eigenvalue weighted by molar-refractivity contribution is 0.296. The first kappa shape index (κ1) is 15.4. The van der Waals surface area contributed by atoms with Crippen LogP contribution in [0.4, 0.5) is 4.39 Å². The Hall–Kier alpha value is -1.94. The summed E-state index contributed by atoms with van der Waals surface area (Å²) >= 11 is 0. The van der Waals surface area contributed by atoms with Crippen molar-refractivity contribution < 1.29 is 9.13 Å². The van der Waals surface area contributed by atoms with Crippen LogP contribution in [-0.2, 0) is 13.2 Å². The number of rotatable bonds is 6. The molecule has 0 amide bonds. The minimum absolute atomic E-state index is 0.253. The van der Waals surface area contributed by atoms with Gasteiger partial charge in [0.15, 0.2) is 0 Å².